The third kappa shape index (κ3) is 3.57. The summed E-state index contributed by atoms with van der Waals surface area (Å²) in [7, 11) is 0. The van der Waals surface area contributed by atoms with Crippen LogP contribution in [-0.2, 0) is 9.59 Å². The number of aliphatic hydroxyl groups excluding tert-OH is 1. The van der Waals surface area contributed by atoms with Gasteiger partial charge in [0, 0.05) is 17.4 Å². The van der Waals surface area contributed by atoms with Crippen LogP contribution in [0.1, 0.15) is 106 Å². The van der Waals surface area contributed by atoms with Crippen LogP contribution in [-0.4, -0.2) is 28.1 Å². The van der Waals surface area contributed by atoms with Crippen molar-refractivity contribution < 1.29 is 19.8 Å². The summed E-state index contributed by atoms with van der Waals surface area (Å²) in [6.45, 7) is 15.7. The van der Waals surface area contributed by atoms with E-state index in [9.17, 15) is 14.7 Å². The molecule has 0 amide bonds. The van der Waals surface area contributed by atoms with E-state index >= 15 is 0 Å². The van der Waals surface area contributed by atoms with Gasteiger partial charge in [0.05, 0.1) is 6.10 Å². The van der Waals surface area contributed by atoms with Crippen LogP contribution in [0.5, 0.6) is 0 Å². The van der Waals surface area contributed by atoms with Gasteiger partial charge in [-0.2, -0.15) is 0 Å². The standard InChI is InChI=1S/C30H46O4/c1-18(16-20(31)17-19(2)26(33)34)21-10-14-30(7)23-8-9-24-27(3,4)25(32)12-13-28(24,5)22(23)11-15-29(21,30)6/h17-18,20-21,24,31H,8-16H2,1-7H3,(H,33,34)/b19-17+/t18-,20+,21-,24+,28-,29-,30+/m1/s1. The summed E-state index contributed by atoms with van der Waals surface area (Å²) in [4.78, 5) is 24.0. The first kappa shape index (κ1) is 25.7. The van der Waals surface area contributed by atoms with Gasteiger partial charge in [0.15, 0.2) is 0 Å². The average Bonchev–Trinajstić information content (AvgIpc) is 3.02. The van der Waals surface area contributed by atoms with Crippen molar-refractivity contribution in [2.45, 2.75) is 112 Å². The van der Waals surface area contributed by atoms with E-state index < -0.39 is 12.1 Å². The molecule has 4 rings (SSSR count). The van der Waals surface area contributed by atoms with Crippen molar-refractivity contribution in [3.05, 3.63) is 22.8 Å². The van der Waals surface area contributed by atoms with E-state index in [1.165, 1.54) is 25.3 Å². The Morgan fingerprint density at radius 1 is 1.03 bits per heavy atom. The van der Waals surface area contributed by atoms with Gasteiger partial charge in [-0.1, -0.05) is 52.7 Å². The number of carboxylic acid groups (broad SMARTS) is 1. The van der Waals surface area contributed by atoms with E-state index in [-0.39, 0.29) is 27.2 Å². The first-order valence-corrected chi connectivity index (χ1v) is 13.5. The Morgan fingerprint density at radius 3 is 2.35 bits per heavy atom. The lowest BCUT2D eigenvalue weighted by Gasteiger charge is -2.61. The average molecular weight is 471 g/mol. The maximum absolute atomic E-state index is 12.8. The van der Waals surface area contributed by atoms with E-state index in [2.05, 4.69) is 41.5 Å². The van der Waals surface area contributed by atoms with Crippen LogP contribution in [0.2, 0.25) is 0 Å². The van der Waals surface area contributed by atoms with Crippen LogP contribution in [0.4, 0.5) is 0 Å². The molecule has 7 atom stereocenters. The zero-order valence-electron chi connectivity index (χ0n) is 22.5. The third-order valence-electron chi connectivity index (χ3n) is 11.6. The molecular weight excluding hydrogens is 424 g/mol. The van der Waals surface area contributed by atoms with Crippen molar-refractivity contribution in [3.8, 4) is 0 Å². The molecule has 4 heteroatoms. The fraction of sp³-hybridized carbons (Fsp3) is 0.800. The number of hydrogen-bond donors (Lipinski definition) is 2. The van der Waals surface area contributed by atoms with E-state index in [0.29, 0.717) is 36.4 Å². The van der Waals surface area contributed by atoms with Gasteiger partial charge in [-0.15, -0.1) is 0 Å². The Bertz CT molecular complexity index is 941. The predicted octanol–water partition coefficient (Wildman–Crippen LogP) is 6.72. The second-order valence-electron chi connectivity index (χ2n) is 13.4. The van der Waals surface area contributed by atoms with Crippen molar-refractivity contribution in [3.63, 3.8) is 0 Å². The van der Waals surface area contributed by atoms with Crippen molar-refractivity contribution in [1.29, 1.82) is 0 Å². The number of carbonyl (C=O) groups excluding carboxylic acids is 1. The summed E-state index contributed by atoms with van der Waals surface area (Å²) < 4.78 is 0. The molecule has 0 spiro atoms. The first-order valence-electron chi connectivity index (χ1n) is 13.5. The molecule has 0 aliphatic heterocycles. The molecule has 34 heavy (non-hydrogen) atoms. The molecule has 190 valence electrons. The maximum Gasteiger partial charge on any atom is 0.331 e. The Kier molecular flexibility index (Phi) is 6.28. The number of rotatable bonds is 5. The second kappa shape index (κ2) is 8.32. The highest BCUT2D eigenvalue weighted by atomic mass is 16.4. The summed E-state index contributed by atoms with van der Waals surface area (Å²) in [5.74, 6) is 0.792. The Labute approximate surface area is 206 Å². The monoisotopic (exact) mass is 470 g/mol. The SMILES string of the molecule is C/C(=C\[C@@H](O)C[C@@H](C)[C@H]1CC[C@@]2(C)C3=C(CC[C@]12C)[C@@]1(C)CCC(=O)C(C)(C)[C@@H]1CC3)C(=O)O. The van der Waals surface area contributed by atoms with E-state index in [1.54, 1.807) is 18.1 Å². The Balaban J connectivity index is 1.62. The molecule has 4 nitrogen and oxygen atoms in total. The Morgan fingerprint density at radius 2 is 1.71 bits per heavy atom. The number of carboxylic acids is 1. The number of carbonyl (C=O) groups is 2. The van der Waals surface area contributed by atoms with Crippen LogP contribution in [0, 0.1) is 39.4 Å². The molecule has 0 aromatic rings. The lowest BCUT2D eigenvalue weighted by molar-refractivity contribution is -0.139. The van der Waals surface area contributed by atoms with E-state index in [4.69, 9.17) is 5.11 Å². The first-order chi connectivity index (χ1) is 15.7. The minimum Gasteiger partial charge on any atom is -0.478 e. The van der Waals surface area contributed by atoms with Gasteiger partial charge in [-0.25, -0.2) is 4.79 Å². The van der Waals surface area contributed by atoms with Crippen LogP contribution >= 0.6 is 0 Å². The molecule has 0 saturated heterocycles. The van der Waals surface area contributed by atoms with Crippen molar-refractivity contribution in [1.82, 2.24) is 0 Å². The maximum atomic E-state index is 12.8. The Hall–Kier alpha value is -1.42. The van der Waals surface area contributed by atoms with Gasteiger partial charge >= 0.3 is 5.97 Å². The van der Waals surface area contributed by atoms with Crippen molar-refractivity contribution >= 4 is 11.8 Å². The molecule has 2 fully saturated rings. The van der Waals surface area contributed by atoms with Crippen LogP contribution in [0.15, 0.2) is 22.8 Å². The molecule has 2 N–H and O–H groups in total. The highest BCUT2D eigenvalue weighted by Crippen LogP contribution is 2.72. The second-order valence-corrected chi connectivity index (χ2v) is 13.4. The molecule has 0 bridgehead atoms. The summed E-state index contributed by atoms with van der Waals surface area (Å²) in [5.41, 5.74) is 3.91. The zero-order valence-corrected chi connectivity index (χ0v) is 22.5. The number of hydrogen-bond acceptors (Lipinski definition) is 3. The zero-order chi connectivity index (χ0) is 25.3. The molecule has 0 aromatic heterocycles. The van der Waals surface area contributed by atoms with Crippen molar-refractivity contribution in [2.24, 2.45) is 39.4 Å². The summed E-state index contributed by atoms with van der Waals surface area (Å²) in [5, 5.41) is 19.8. The van der Waals surface area contributed by atoms with Gasteiger partial charge in [0.25, 0.3) is 0 Å². The lowest BCUT2D eigenvalue weighted by atomic mass is 9.43. The minimum absolute atomic E-state index is 0.147. The smallest absolute Gasteiger partial charge is 0.331 e. The summed E-state index contributed by atoms with van der Waals surface area (Å²) >= 11 is 0. The van der Waals surface area contributed by atoms with Gasteiger partial charge in [0.2, 0.25) is 0 Å². The number of aliphatic hydroxyl groups is 1. The lowest BCUT2D eigenvalue weighted by Crippen LogP contribution is -2.54. The summed E-state index contributed by atoms with van der Waals surface area (Å²) in [6, 6.07) is 0. The highest BCUT2D eigenvalue weighted by molar-refractivity contribution is 5.86. The predicted molar refractivity (Wildman–Crippen MR) is 135 cm³/mol. The van der Waals surface area contributed by atoms with E-state index in [0.717, 1.165) is 25.7 Å². The molecule has 0 heterocycles. The molecule has 0 unspecified atom stereocenters. The van der Waals surface area contributed by atoms with E-state index in [1.807, 2.05) is 0 Å². The normalized spacial score (nSPS) is 41.4. The fourth-order valence-electron chi connectivity index (χ4n) is 9.42. The number of allylic oxidation sites excluding steroid dienone is 2. The van der Waals surface area contributed by atoms with Gasteiger partial charge in [-0.05, 0) is 98.4 Å². The number of ketones is 1. The minimum atomic E-state index is -0.962. The van der Waals surface area contributed by atoms with Gasteiger partial charge in [0.1, 0.15) is 5.78 Å². The third-order valence-corrected chi connectivity index (χ3v) is 11.6. The molecular formula is C30H46O4. The quantitative estimate of drug-likeness (QED) is 0.345. The van der Waals surface area contributed by atoms with Crippen LogP contribution < -0.4 is 0 Å². The number of Topliss-reactive ketones (excluding diaryl/α,β-unsaturated/α-hetero) is 1. The van der Waals surface area contributed by atoms with Crippen LogP contribution in [0.25, 0.3) is 0 Å². The molecule has 4 aliphatic carbocycles. The number of fused-ring (bicyclic) bond motifs is 4. The van der Waals surface area contributed by atoms with Crippen molar-refractivity contribution in [2.75, 3.05) is 0 Å². The topological polar surface area (TPSA) is 74.6 Å². The van der Waals surface area contributed by atoms with Crippen LogP contribution in [0.3, 0.4) is 0 Å². The molecule has 4 aliphatic rings. The van der Waals surface area contributed by atoms with Gasteiger partial charge in [-0.3, -0.25) is 4.79 Å². The molecule has 2 saturated carbocycles. The number of aliphatic carboxylic acids is 1. The molecule has 0 aromatic carbocycles. The summed E-state index contributed by atoms with van der Waals surface area (Å²) in [6.07, 6.45) is 10.1. The highest BCUT2D eigenvalue weighted by Gasteiger charge is 2.63. The fourth-order valence-corrected chi connectivity index (χ4v) is 9.42. The van der Waals surface area contributed by atoms with Gasteiger partial charge < -0.3 is 10.2 Å². The largest absolute Gasteiger partial charge is 0.478 e. The molecule has 0 radical (unpaired) electrons.